The first kappa shape index (κ1) is 15.0. The molecule has 0 bridgehead atoms. The molecule has 1 N–H and O–H groups in total. The Balaban J connectivity index is 0.00000169. The molecular weight excluding hydrogens is 242 g/mol. The molecule has 0 aliphatic rings. The molecule has 7 heteroatoms. The van der Waals surface area contributed by atoms with E-state index in [1.165, 1.54) is 6.07 Å². The maximum Gasteiger partial charge on any atom is 1.00 e. The molecule has 0 amide bonds. The van der Waals surface area contributed by atoms with E-state index in [4.69, 9.17) is 16.7 Å². The van der Waals surface area contributed by atoms with Crippen molar-refractivity contribution >= 4 is 24.0 Å². The largest absolute Gasteiger partial charge is 1.00 e. The second-order valence-corrected chi connectivity index (χ2v) is 3.00. The van der Waals surface area contributed by atoms with Crippen LogP contribution < -0.4 is 56.8 Å². The minimum absolute atomic E-state index is 0. The molecule has 14 heavy (non-hydrogen) atoms. The normalized spacial score (nSPS) is 10.9. The number of aliphatic hydroxyl groups is 1. The smallest absolute Gasteiger partial charge is 0.445 e. The third-order valence-electron chi connectivity index (χ3n) is 1.60. The van der Waals surface area contributed by atoms with E-state index in [2.05, 4.69) is 0 Å². The zero-order chi connectivity index (χ0) is 10.1. The van der Waals surface area contributed by atoms with Gasteiger partial charge in [-0.15, -0.1) is 0 Å². The van der Waals surface area contributed by atoms with Crippen LogP contribution in [-0.2, 0) is 6.61 Å². The molecule has 0 aromatic heterocycles. The first-order valence-corrected chi connectivity index (χ1v) is 3.92. The van der Waals surface area contributed by atoms with Crippen LogP contribution in [0, 0.1) is 0 Å². The molecule has 0 atom stereocenters. The van der Waals surface area contributed by atoms with E-state index in [1.807, 2.05) is 0 Å². The monoisotopic (exact) mass is 248 g/mol. The molecule has 0 saturated heterocycles. The minimum atomic E-state index is -5.10. The maximum absolute atomic E-state index is 12.3. The van der Waals surface area contributed by atoms with Gasteiger partial charge in [0.15, 0.2) is 0 Å². The summed E-state index contributed by atoms with van der Waals surface area (Å²) >= 11 is 5.35. The van der Waals surface area contributed by atoms with Crippen LogP contribution in [0.25, 0.3) is 0 Å². The molecule has 1 rings (SSSR count). The van der Waals surface area contributed by atoms with Gasteiger partial charge in [0.1, 0.15) is 0 Å². The molecule has 0 fully saturated rings. The quantitative estimate of drug-likeness (QED) is 0.658. The summed E-state index contributed by atoms with van der Waals surface area (Å²) in [7, 11) is 0. The van der Waals surface area contributed by atoms with Crippen LogP contribution in [0.15, 0.2) is 18.2 Å². The molecule has 0 radical (unpaired) electrons. The third kappa shape index (κ3) is 3.84. The van der Waals surface area contributed by atoms with Crippen molar-refractivity contribution in [3.63, 3.8) is 0 Å². The van der Waals surface area contributed by atoms with E-state index in [1.54, 1.807) is 0 Å². The number of benzene rings is 1. The Labute approximate surface area is 127 Å². The Hall–Kier alpha value is 0.961. The summed E-state index contributed by atoms with van der Waals surface area (Å²) in [4.78, 5) is 0. The van der Waals surface area contributed by atoms with Crippen molar-refractivity contribution in [3.05, 3.63) is 28.8 Å². The van der Waals surface area contributed by atoms with Gasteiger partial charge in [-0.25, -0.2) is 0 Å². The van der Waals surface area contributed by atoms with Crippen molar-refractivity contribution in [2.75, 3.05) is 0 Å². The van der Waals surface area contributed by atoms with E-state index >= 15 is 0 Å². The molecule has 72 valence electrons. The van der Waals surface area contributed by atoms with Crippen LogP contribution in [0.2, 0.25) is 5.02 Å². The van der Waals surface area contributed by atoms with Crippen LogP contribution in [0.3, 0.4) is 0 Å². The fraction of sp³-hybridized carbons (Fsp3) is 0.143. The van der Waals surface area contributed by atoms with Crippen LogP contribution in [0.1, 0.15) is 5.56 Å². The molecule has 0 saturated carbocycles. The fourth-order valence-electron chi connectivity index (χ4n) is 0.942. The van der Waals surface area contributed by atoms with Crippen LogP contribution >= 0.6 is 11.6 Å². The van der Waals surface area contributed by atoms with Crippen molar-refractivity contribution in [3.8, 4) is 0 Å². The van der Waals surface area contributed by atoms with Gasteiger partial charge < -0.3 is 18.1 Å². The molecule has 1 aromatic rings. The summed E-state index contributed by atoms with van der Waals surface area (Å²) < 4.78 is 36.8. The number of aliphatic hydroxyl groups excluding tert-OH is 1. The second kappa shape index (κ2) is 5.89. The van der Waals surface area contributed by atoms with Crippen molar-refractivity contribution in [2.45, 2.75) is 6.61 Å². The minimum Gasteiger partial charge on any atom is -0.445 e. The van der Waals surface area contributed by atoms with Crippen LogP contribution in [0.5, 0.6) is 0 Å². The Kier molecular flexibility index (Phi) is 6.29. The number of rotatable bonds is 2. The van der Waals surface area contributed by atoms with Gasteiger partial charge in [0.05, 0.1) is 6.61 Å². The molecule has 1 nitrogen and oxygen atoms in total. The summed E-state index contributed by atoms with van der Waals surface area (Å²) in [5.41, 5.74) is -0.646. The Morgan fingerprint density at radius 3 is 2.29 bits per heavy atom. The zero-order valence-electron chi connectivity index (χ0n) is 7.48. The summed E-state index contributed by atoms with van der Waals surface area (Å²) in [5, 5.41) is 8.29. The first-order valence-electron chi connectivity index (χ1n) is 3.54. The third-order valence-corrected chi connectivity index (χ3v) is 1.94. The van der Waals surface area contributed by atoms with Crippen LogP contribution in [-0.4, -0.2) is 12.1 Å². The summed E-state index contributed by atoms with van der Waals surface area (Å²) in [6, 6.07) is 3.35. The topological polar surface area (TPSA) is 20.2 Å². The van der Waals surface area contributed by atoms with Crippen molar-refractivity contribution < 1.29 is 69.4 Å². The Morgan fingerprint density at radius 2 is 1.86 bits per heavy atom. The Morgan fingerprint density at radius 1 is 1.29 bits per heavy atom. The molecule has 0 heterocycles. The van der Waals surface area contributed by atoms with Crippen LogP contribution in [0.4, 0.5) is 12.9 Å². The Bertz CT molecular complexity index is 318. The van der Waals surface area contributed by atoms with Gasteiger partial charge >= 0.3 is 58.4 Å². The van der Waals surface area contributed by atoms with E-state index in [0.717, 1.165) is 12.1 Å². The molecule has 1 aromatic carbocycles. The van der Waals surface area contributed by atoms with E-state index < -0.39 is 19.0 Å². The number of hydrogen-bond donors (Lipinski definition) is 1. The summed E-state index contributed by atoms with van der Waals surface area (Å²) in [6.07, 6.45) is 0. The van der Waals surface area contributed by atoms with Gasteiger partial charge in [0.2, 0.25) is 0 Å². The van der Waals surface area contributed by atoms with Crippen molar-refractivity contribution in [1.82, 2.24) is 0 Å². The molecule has 0 aliphatic heterocycles. The molecular formula is C7H6BClF3KO. The molecule has 0 aliphatic carbocycles. The molecule has 0 unspecified atom stereocenters. The maximum atomic E-state index is 12.3. The predicted molar refractivity (Wildman–Crippen MR) is 46.1 cm³/mol. The van der Waals surface area contributed by atoms with Gasteiger partial charge in [0, 0.05) is 5.02 Å². The summed E-state index contributed by atoms with van der Waals surface area (Å²) in [5.74, 6) is 0. The van der Waals surface area contributed by atoms with Gasteiger partial charge in [-0.2, -0.15) is 0 Å². The van der Waals surface area contributed by atoms with E-state index in [0.29, 0.717) is 0 Å². The first-order chi connectivity index (χ1) is 5.95. The fourth-order valence-corrected chi connectivity index (χ4v) is 1.18. The van der Waals surface area contributed by atoms with Gasteiger partial charge in [-0.1, -0.05) is 29.2 Å². The van der Waals surface area contributed by atoms with Gasteiger partial charge in [0.25, 0.3) is 0 Å². The van der Waals surface area contributed by atoms with E-state index in [-0.39, 0.29) is 62.0 Å². The standard InChI is InChI=1S/C7H6BClF3O.K/c9-7-2-1-5(4-13)3-6(7)8(10,11)12;/h1-3,13H,4H2;/q-1;+1. The average Bonchev–Trinajstić information content (AvgIpc) is 2.03. The summed E-state index contributed by atoms with van der Waals surface area (Å²) in [6.45, 7) is -5.52. The van der Waals surface area contributed by atoms with Crippen molar-refractivity contribution in [2.24, 2.45) is 0 Å². The van der Waals surface area contributed by atoms with Gasteiger partial charge in [-0.3, -0.25) is 0 Å². The van der Waals surface area contributed by atoms with E-state index in [9.17, 15) is 12.9 Å². The van der Waals surface area contributed by atoms with Crippen molar-refractivity contribution in [1.29, 1.82) is 0 Å². The zero-order valence-corrected chi connectivity index (χ0v) is 11.4. The second-order valence-electron chi connectivity index (χ2n) is 2.59. The predicted octanol–water partition coefficient (Wildman–Crippen LogP) is -1.11. The SMILES string of the molecule is OCc1ccc(Cl)c([B-](F)(F)F)c1.[K+]. The molecule has 0 spiro atoms. The number of hydrogen-bond acceptors (Lipinski definition) is 1. The van der Waals surface area contributed by atoms with Gasteiger partial charge in [-0.05, 0) is 11.6 Å². The number of halogens is 4. The average molecular weight is 248 g/mol.